The van der Waals surface area contributed by atoms with Crippen LogP contribution in [0.4, 0.5) is 0 Å². The van der Waals surface area contributed by atoms with Crippen molar-refractivity contribution in [1.82, 2.24) is 10.3 Å². The van der Waals surface area contributed by atoms with Crippen molar-refractivity contribution in [3.63, 3.8) is 0 Å². The highest BCUT2D eigenvalue weighted by Crippen LogP contribution is 1.99. The molecule has 0 fully saturated rings. The molecule has 14 heavy (non-hydrogen) atoms. The Morgan fingerprint density at radius 2 is 2.50 bits per heavy atom. The highest BCUT2D eigenvalue weighted by molar-refractivity contribution is 5.75. The van der Waals surface area contributed by atoms with E-state index < -0.39 is 5.91 Å². The molecule has 1 rings (SSSR count). The fraction of sp³-hybridized carbons (Fsp3) is 0.222. The fourth-order valence-corrected chi connectivity index (χ4v) is 0.975. The van der Waals surface area contributed by atoms with Crippen LogP contribution in [-0.2, 0) is 11.3 Å². The van der Waals surface area contributed by atoms with Crippen molar-refractivity contribution >= 4 is 5.91 Å². The molecular weight excluding hydrogens is 180 g/mol. The second kappa shape index (κ2) is 4.94. The van der Waals surface area contributed by atoms with Crippen molar-refractivity contribution in [2.75, 3.05) is 6.54 Å². The standard InChI is InChI=1S/C9H10N4O/c10-4-8-3-7(1-2-13-8)5-12-6-9(11)14/h1-3,12H,5-6H2,(H2,11,14). The van der Waals surface area contributed by atoms with Gasteiger partial charge in [-0.25, -0.2) is 4.98 Å². The Balaban J connectivity index is 2.51. The third-order valence-corrected chi connectivity index (χ3v) is 1.57. The predicted octanol–water partition coefficient (Wildman–Crippen LogP) is -0.472. The van der Waals surface area contributed by atoms with Gasteiger partial charge < -0.3 is 11.1 Å². The SMILES string of the molecule is N#Cc1cc(CNCC(N)=O)ccn1. The van der Waals surface area contributed by atoms with E-state index in [0.717, 1.165) is 5.56 Å². The summed E-state index contributed by atoms with van der Waals surface area (Å²) in [4.78, 5) is 14.2. The maximum Gasteiger partial charge on any atom is 0.231 e. The lowest BCUT2D eigenvalue weighted by Gasteiger charge is -2.01. The molecule has 5 nitrogen and oxygen atoms in total. The molecule has 0 saturated carbocycles. The first-order valence-electron chi connectivity index (χ1n) is 4.06. The van der Waals surface area contributed by atoms with E-state index in [2.05, 4.69) is 10.3 Å². The minimum atomic E-state index is -0.403. The molecule has 3 N–H and O–H groups in total. The van der Waals surface area contributed by atoms with Gasteiger partial charge in [-0.1, -0.05) is 0 Å². The molecule has 0 spiro atoms. The zero-order valence-electron chi connectivity index (χ0n) is 7.53. The van der Waals surface area contributed by atoms with E-state index >= 15 is 0 Å². The lowest BCUT2D eigenvalue weighted by Crippen LogP contribution is -2.28. The molecule has 0 bridgehead atoms. The quantitative estimate of drug-likeness (QED) is 0.671. The number of rotatable bonds is 4. The molecule has 0 radical (unpaired) electrons. The molecule has 0 unspecified atom stereocenters. The van der Waals surface area contributed by atoms with Crippen LogP contribution in [0.2, 0.25) is 0 Å². The van der Waals surface area contributed by atoms with Gasteiger partial charge >= 0.3 is 0 Å². The van der Waals surface area contributed by atoms with Gasteiger partial charge in [-0.05, 0) is 17.7 Å². The lowest BCUT2D eigenvalue weighted by atomic mass is 10.2. The van der Waals surface area contributed by atoms with E-state index in [1.54, 1.807) is 18.3 Å². The third-order valence-electron chi connectivity index (χ3n) is 1.57. The van der Waals surface area contributed by atoms with Gasteiger partial charge in [0.05, 0.1) is 6.54 Å². The average Bonchev–Trinajstić information content (AvgIpc) is 2.18. The molecule has 0 saturated heterocycles. The van der Waals surface area contributed by atoms with Crippen molar-refractivity contribution in [2.24, 2.45) is 5.73 Å². The first-order valence-corrected chi connectivity index (χ1v) is 4.06. The Bertz CT molecular complexity index is 369. The van der Waals surface area contributed by atoms with Crippen LogP contribution in [0.1, 0.15) is 11.3 Å². The number of carbonyl (C=O) groups is 1. The Hall–Kier alpha value is -1.93. The minimum absolute atomic E-state index is 0.129. The number of nitrogens with zero attached hydrogens (tertiary/aromatic N) is 2. The number of nitriles is 1. The minimum Gasteiger partial charge on any atom is -0.369 e. The van der Waals surface area contributed by atoms with Crippen LogP contribution in [0.25, 0.3) is 0 Å². The van der Waals surface area contributed by atoms with Gasteiger partial charge in [-0.3, -0.25) is 4.79 Å². The van der Waals surface area contributed by atoms with Gasteiger partial charge in [-0.2, -0.15) is 5.26 Å². The van der Waals surface area contributed by atoms with Crippen LogP contribution in [0.5, 0.6) is 0 Å². The second-order valence-electron chi connectivity index (χ2n) is 2.73. The van der Waals surface area contributed by atoms with Gasteiger partial charge in [0.15, 0.2) is 0 Å². The molecule has 0 atom stereocenters. The summed E-state index contributed by atoms with van der Waals surface area (Å²) in [7, 11) is 0. The monoisotopic (exact) mass is 190 g/mol. The molecule has 0 aliphatic carbocycles. The first-order chi connectivity index (χ1) is 6.72. The van der Waals surface area contributed by atoms with Gasteiger partial charge in [-0.15, -0.1) is 0 Å². The van der Waals surface area contributed by atoms with E-state index in [1.165, 1.54) is 0 Å². The highest BCUT2D eigenvalue weighted by Gasteiger charge is 1.97. The van der Waals surface area contributed by atoms with Gasteiger partial charge in [0, 0.05) is 12.7 Å². The van der Waals surface area contributed by atoms with Crippen LogP contribution in [-0.4, -0.2) is 17.4 Å². The average molecular weight is 190 g/mol. The number of amides is 1. The van der Waals surface area contributed by atoms with Gasteiger partial charge in [0.25, 0.3) is 0 Å². The number of hydrogen-bond donors (Lipinski definition) is 2. The van der Waals surface area contributed by atoms with Gasteiger partial charge in [0.2, 0.25) is 5.91 Å². The Morgan fingerprint density at radius 1 is 1.71 bits per heavy atom. The number of carbonyl (C=O) groups excluding carboxylic acids is 1. The van der Waals surface area contributed by atoms with Gasteiger partial charge in [0.1, 0.15) is 11.8 Å². The Labute approximate surface area is 81.6 Å². The smallest absolute Gasteiger partial charge is 0.231 e. The van der Waals surface area contributed by atoms with E-state index in [9.17, 15) is 4.79 Å². The Kier molecular flexibility index (Phi) is 3.58. The summed E-state index contributed by atoms with van der Waals surface area (Å²) < 4.78 is 0. The molecular formula is C9H10N4O. The largest absolute Gasteiger partial charge is 0.369 e. The van der Waals surface area contributed by atoms with Crippen molar-refractivity contribution in [2.45, 2.75) is 6.54 Å². The summed E-state index contributed by atoms with van der Waals surface area (Å²) in [6, 6.07) is 5.37. The van der Waals surface area contributed by atoms with Crippen molar-refractivity contribution < 1.29 is 4.79 Å². The molecule has 72 valence electrons. The molecule has 1 aromatic rings. The van der Waals surface area contributed by atoms with E-state index in [1.807, 2.05) is 6.07 Å². The number of nitrogens with two attached hydrogens (primary N) is 1. The van der Waals surface area contributed by atoms with Crippen LogP contribution in [0.3, 0.4) is 0 Å². The number of hydrogen-bond acceptors (Lipinski definition) is 4. The summed E-state index contributed by atoms with van der Waals surface area (Å²) in [5.74, 6) is -0.403. The number of aromatic nitrogens is 1. The molecule has 5 heteroatoms. The van der Waals surface area contributed by atoms with Crippen LogP contribution >= 0.6 is 0 Å². The zero-order valence-corrected chi connectivity index (χ0v) is 7.53. The number of primary amides is 1. The molecule has 1 heterocycles. The molecule has 0 aliphatic rings. The summed E-state index contributed by atoms with van der Waals surface area (Å²) >= 11 is 0. The van der Waals surface area contributed by atoms with Crippen LogP contribution < -0.4 is 11.1 Å². The Morgan fingerprint density at radius 3 is 3.14 bits per heavy atom. The highest BCUT2D eigenvalue weighted by atomic mass is 16.1. The summed E-state index contributed by atoms with van der Waals surface area (Å²) in [5, 5.41) is 11.4. The molecule has 1 amide bonds. The van der Waals surface area contributed by atoms with Crippen LogP contribution in [0, 0.1) is 11.3 Å². The number of pyridine rings is 1. The molecule has 0 aliphatic heterocycles. The topological polar surface area (TPSA) is 91.8 Å². The molecule has 1 aromatic heterocycles. The summed E-state index contributed by atoms with van der Waals surface area (Å²) in [6.07, 6.45) is 1.56. The van der Waals surface area contributed by atoms with E-state index in [4.69, 9.17) is 11.0 Å². The van der Waals surface area contributed by atoms with Crippen molar-refractivity contribution in [3.05, 3.63) is 29.6 Å². The third kappa shape index (κ3) is 3.21. The first kappa shape index (κ1) is 10.2. The summed E-state index contributed by atoms with van der Waals surface area (Å²) in [6.45, 7) is 0.629. The van der Waals surface area contributed by atoms with E-state index in [-0.39, 0.29) is 6.54 Å². The lowest BCUT2D eigenvalue weighted by molar-refractivity contribution is -0.117. The maximum absolute atomic E-state index is 10.4. The molecule has 0 aromatic carbocycles. The maximum atomic E-state index is 10.4. The zero-order chi connectivity index (χ0) is 10.4. The van der Waals surface area contributed by atoms with E-state index in [0.29, 0.717) is 12.2 Å². The van der Waals surface area contributed by atoms with Crippen molar-refractivity contribution in [1.29, 1.82) is 5.26 Å². The van der Waals surface area contributed by atoms with Crippen molar-refractivity contribution in [3.8, 4) is 6.07 Å². The second-order valence-corrected chi connectivity index (χ2v) is 2.73. The predicted molar refractivity (Wildman–Crippen MR) is 49.9 cm³/mol. The van der Waals surface area contributed by atoms with Crippen LogP contribution in [0.15, 0.2) is 18.3 Å². The number of nitrogens with one attached hydrogen (secondary N) is 1. The summed E-state index contributed by atoms with van der Waals surface area (Å²) in [5.41, 5.74) is 6.21. The fourth-order valence-electron chi connectivity index (χ4n) is 0.975. The normalized spacial score (nSPS) is 9.36.